The fraction of sp³-hybridized carbons (Fsp3) is 0.348. The molecule has 30 heavy (non-hydrogen) atoms. The van der Waals surface area contributed by atoms with Crippen LogP contribution in [-0.4, -0.2) is 60.2 Å². The van der Waals surface area contributed by atoms with Gasteiger partial charge in [0.05, 0.1) is 17.8 Å². The third-order valence-corrected chi connectivity index (χ3v) is 5.46. The summed E-state index contributed by atoms with van der Waals surface area (Å²) in [5.41, 5.74) is 1.59. The Balaban J connectivity index is 1.31. The summed E-state index contributed by atoms with van der Waals surface area (Å²) >= 11 is 0. The van der Waals surface area contributed by atoms with Crippen molar-refractivity contribution in [2.75, 3.05) is 43.4 Å². The van der Waals surface area contributed by atoms with Crippen LogP contribution in [0.2, 0.25) is 0 Å². The second-order valence-electron chi connectivity index (χ2n) is 7.79. The van der Waals surface area contributed by atoms with E-state index in [0.717, 1.165) is 12.8 Å². The normalized spacial score (nSPS) is 16.7. The van der Waals surface area contributed by atoms with Gasteiger partial charge >= 0.3 is 0 Å². The van der Waals surface area contributed by atoms with Gasteiger partial charge in [-0.05, 0) is 37.1 Å². The Bertz CT molecular complexity index is 919. The third-order valence-electron chi connectivity index (χ3n) is 5.46. The molecule has 156 valence electrons. The highest BCUT2D eigenvalue weighted by atomic mass is 16.2. The lowest BCUT2D eigenvalue weighted by atomic mass is 10.1. The van der Waals surface area contributed by atoms with Crippen molar-refractivity contribution in [3.63, 3.8) is 0 Å². The maximum atomic E-state index is 12.7. The first-order valence-corrected chi connectivity index (χ1v) is 10.4. The summed E-state index contributed by atoms with van der Waals surface area (Å²) < 4.78 is 0. The van der Waals surface area contributed by atoms with E-state index in [1.54, 1.807) is 24.3 Å². The van der Waals surface area contributed by atoms with Gasteiger partial charge in [0.15, 0.2) is 0 Å². The summed E-state index contributed by atoms with van der Waals surface area (Å²) in [5.74, 6) is 0.0528. The minimum absolute atomic E-state index is 0.170. The van der Waals surface area contributed by atoms with E-state index >= 15 is 0 Å². The lowest BCUT2D eigenvalue weighted by molar-refractivity contribution is -0.134. The highest BCUT2D eigenvalue weighted by Gasteiger charge is 2.34. The topological polar surface area (TPSA) is 81.8 Å². The van der Waals surface area contributed by atoms with Crippen LogP contribution >= 0.6 is 0 Å². The van der Waals surface area contributed by atoms with Crippen LogP contribution in [0.25, 0.3) is 0 Å². The number of rotatable bonds is 6. The molecule has 2 aromatic carbocycles. The Morgan fingerprint density at radius 2 is 1.50 bits per heavy atom. The van der Waals surface area contributed by atoms with E-state index in [2.05, 4.69) is 10.6 Å². The number of benzene rings is 2. The highest BCUT2D eigenvalue weighted by Crippen LogP contribution is 2.31. The van der Waals surface area contributed by atoms with Crippen molar-refractivity contribution < 1.29 is 14.4 Å². The minimum Gasteiger partial charge on any atom is -0.340 e. The van der Waals surface area contributed by atoms with Crippen LogP contribution in [-0.2, 0) is 9.59 Å². The minimum atomic E-state index is -0.274. The molecule has 0 spiro atoms. The molecule has 2 N–H and O–H groups in total. The number of anilines is 2. The molecule has 2 aliphatic rings. The van der Waals surface area contributed by atoms with E-state index in [0.29, 0.717) is 43.1 Å². The summed E-state index contributed by atoms with van der Waals surface area (Å²) in [6.07, 6.45) is 2.03. The van der Waals surface area contributed by atoms with Crippen molar-refractivity contribution in [1.82, 2.24) is 9.80 Å². The monoisotopic (exact) mass is 406 g/mol. The van der Waals surface area contributed by atoms with Gasteiger partial charge < -0.3 is 15.5 Å². The lowest BCUT2D eigenvalue weighted by Gasteiger charge is -2.34. The summed E-state index contributed by atoms with van der Waals surface area (Å²) in [7, 11) is 0. The van der Waals surface area contributed by atoms with Gasteiger partial charge in [0.2, 0.25) is 11.8 Å². The maximum Gasteiger partial charge on any atom is 0.257 e. The number of hydrogen-bond acceptors (Lipinski definition) is 4. The average molecular weight is 406 g/mol. The third kappa shape index (κ3) is 5.04. The zero-order chi connectivity index (χ0) is 20.9. The number of carbonyl (C=O) groups is 3. The quantitative estimate of drug-likeness (QED) is 0.772. The summed E-state index contributed by atoms with van der Waals surface area (Å²) in [6, 6.07) is 16.2. The molecule has 7 heteroatoms. The molecule has 1 aliphatic carbocycles. The Labute approximate surface area is 176 Å². The smallest absolute Gasteiger partial charge is 0.257 e. The second-order valence-corrected chi connectivity index (χ2v) is 7.79. The van der Waals surface area contributed by atoms with Crippen LogP contribution in [0.3, 0.4) is 0 Å². The highest BCUT2D eigenvalue weighted by molar-refractivity contribution is 6.10. The second kappa shape index (κ2) is 9.09. The van der Waals surface area contributed by atoms with Gasteiger partial charge in [-0.3, -0.25) is 19.3 Å². The number of para-hydroxylation sites is 2. The number of piperazine rings is 1. The number of amides is 3. The van der Waals surface area contributed by atoms with Crippen molar-refractivity contribution >= 4 is 29.1 Å². The molecule has 1 saturated heterocycles. The van der Waals surface area contributed by atoms with Gasteiger partial charge in [0.25, 0.3) is 5.91 Å². The van der Waals surface area contributed by atoms with Crippen LogP contribution in [0.4, 0.5) is 11.4 Å². The van der Waals surface area contributed by atoms with Gasteiger partial charge in [-0.1, -0.05) is 30.3 Å². The molecule has 0 radical (unpaired) electrons. The molecule has 1 aliphatic heterocycles. The molecule has 2 fully saturated rings. The molecule has 1 heterocycles. The fourth-order valence-corrected chi connectivity index (χ4v) is 3.62. The largest absolute Gasteiger partial charge is 0.340 e. The lowest BCUT2D eigenvalue weighted by Crippen LogP contribution is -2.50. The predicted molar refractivity (Wildman–Crippen MR) is 115 cm³/mol. The molecule has 7 nitrogen and oxygen atoms in total. The molecule has 0 unspecified atom stereocenters. The van der Waals surface area contributed by atoms with E-state index in [9.17, 15) is 14.4 Å². The first-order chi connectivity index (χ1) is 14.6. The van der Waals surface area contributed by atoms with Crippen molar-refractivity contribution in [3.05, 3.63) is 60.2 Å². The van der Waals surface area contributed by atoms with E-state index in [1.807, 2.05) is 40.1 Å². The van der Waals surface area contributed by atoms with E-state index in [1.165, 1.54) is 0 Å². The number of nitrogens with zero attached hydrogens (tertiary/aromatic N) is 2. The Kier molecular flexibility index (Phi) is 6.09. The molecule has 0 bridgehead atoms. The van der Waals surface area contributed by atoms with Crippen LogP contribution < -0.4 is 10.6 Å². The van der Waals surface area contributed by atoms with E-state index in [4.69, 9.17) is 0 Å². The molecule has 3 amide bonds. The molecule has 4 rings (SSSR count). The zero-order valence-corrected chi connectivity index (χ0v) is 16.8. The maximum absolute atomic E-state index is 12.7. The molecular formula is C23H26N4O3. The van der Waals surface area contributed by atoms with Crippen molar-refractivity contribution in [3.8, 4) is 0 Å². The molecule has 1 saturated carbocycles. The van der Waals surface area contributed by atoms with Crippen molar-refractivity contribution in [2.45, 2.75) is 12.8 Å². The fourth-order valence-electron chi connectivity index (χ4n) is 3.62. The Hall–Kier alpha value is -3.19. The number of carbonyl (C=O) groups excluding carboxylic acids is 3. The molecule has 2 aromatic rings. The van der Waals surface area contributed by atoms with E-state index in [-0.39, 0.29) is 30.2 Å². The van der Waals surface area contributed by atoms with Gasteiger partial charge in [-0.15, -0.1) is 0 Å². The molecular weight excluding hydrogens is 380 g/mol. The molecule has 0 aromatic heterocycles. The van der Waals surface area contributed by atoms with Crippen LogP contribution in [0.15, 0.2) is 54.6 Å². The van der Waals surface area contributed by atoms with Crippen molar-refractivity contribution in [2.24, 2.45) is 5.92 Å². The van der Waals surface area contributed by atoms with Crippen LogP contribution in [0.1, 0.15) is 23.2 Å². The van der Waals surface area contributed by atoms with Gasteiger partial charge in [0, 0.05) is 37.8 Å². The Morgan fingerprint density at radius 3 is 2.20 bits per heavy atom. The van der Waals surface area contributed by atoms with E-state index < -0.39 is 0 Å². The van der Waals surface area contributed by atoms with Gasteiger partial charge in [0.1, 0.15) is 0 Å². The predicted octanol–water partition coefficient (Wildman–Crippen LogP) is 2.43. The van der Waals surface area contributed by atoms with Crippen molar-refractivity contribution in [1.29, 1.82) is 0 Å². The average Bonchev–Trinajstić information content (AvgIpc) is 3.60. The van der Waals surface area contributed by atoms with Gasteiger partial charge in [-0.2, -0.15) is 0 Å². The summed E-state index contributed by atoms with van der Waals surface area (Å²) in [4.78, 5) is 41.3. The standard InChI is InChI=1S/C23H26N4O3/c28-21(16-26-12-14-27(15-13-26)23(30)17-10-11-17)25-20-9-5-4-8-19(20)22(29)24-18-6-2-1-3-7-18/h1-9,17H,10-16H2,(H,24,29)(H,25,28). The Morgan fingerprint density at radius 1 is 0.833 bits per heavy atom. The number of hydrogen-bond donors (Lipinski definition) is 2. The SMILES string of the molecule is O=C(CN1CCN(C(=O)C2CC2)CC1)Nc1ccccc1C(=O)Nc1ccccc1. The van der Waals surface area contributed by atoms with Crippen LogP contribution in [0, 0.1) is 5.92 Å². The number of nitrogens with one attached hydrogen (secondary N) is 2. The zero-order valence-electron chi connectivity index (χ0n) is 16.8. The molecule has 0 atom stereocenters. The van der Waals surface area contributed by atoms with Gasteiger partial charge in [-0.25, -0.2) is 0 Å². The summed E-state index contributed by atoms with van der Waals surface area (Å²) in [5, 5.41) is 5.71. The first-order valence-electron chi connectivity index (χ1n) is 10.4. The van der Waals surface area contributed by atoms with Crippen LogP contribution in [0.5, 0.6) is 0 Å². The first kappa shape index (κ1) is 20.1. The summed E-state index contributed by atoms with van der Waals surface area (Å²) in [6.45, 7) is 2.93.